The lowest BCUT2D eigenvalue weighted by molar-refractivity contribution is -0.115. The number of hydrogen-bond donors (Lipinski definition) is 3. The highest BCUT2D eigenvalue weighted by Gasteiger charge is 2.13. The summed E-state index contributed by atoms with van der Waals surface area (Å²) in [7, 11) is 0. The van der Waals surface area contributed by atoms with Gasteiger partial charge in [0.05, 0.1) is 13.1 Å². The number of carbonyl (C=O) groups is 1. The number of nitrogens with zero attached hydrogens (tertiary/aromatic N) is 1. The highest BCUT2D eigenvalue weighted by molar-refractivity contribution is 5.95. The number of amides is 1. The minimum atomic E-state index is -0.123. The zero-order valence-electron chi connectivity index (χ0n) is 16.2. The van der Waals surface area contributed by atoms with Gasteiger partial charge in [0.2, 0.25) is 12.7 Å². The third-order valence-electron chi connectivity index (χ3n) is 4.24. The van der Waals surface area contributed by atoms with E-state index >= 15 is 0 Å². The van der Waals surface area contributed by atoms with Gasteiger partial charge in [-0.25, -0.2) is 4.99 Å². The molecule has 7 nitrogen and oxygen atoms in total. The number of fused-ring (bicyclic) bond motifs is 1. The molecule has 1 aliphatic rings. The van der Waals surface area contributed by atoms with Crippen LogP contribution < -0.4 is 25.4 Å². The Morgan fingerprint density at radius 3 is 2.71 bits per heavy atom. The molecule has 0 bridgehead atoms. The first-order valence-corrected chi connectivity index (χ1v) is 9.47. The highest BCUT2D eigenvalue weighted by atomic mass is 16.7. The molecule has 148 valence electrons. The maximum atomic E-state index is 12.2. The van der Waals surface area contributed by atoms with Crippen molar-refractivity contribution in [3.05, 3.63) is 53.6 Å². The van der Waals surface area contributed by atoms with E-state index in [0.717, 1.165) is 29.2 Å². The minimum Gasteiger partial charge on any atom is -0.454 e. The molecule has 0 fully saturated rings. The van der Waals surface area contributed by atoms with Crippen molar-refractivity contribution in [3.8, 4) is 11.5 Å². The number of carbonyl (C=O) groups excluding carboxylic acids is 1. The topological polar surface area (TPSA) is 84.0 Å². The van der Waals surface area contributed by atoms with Crippen LogP contribution in [0.2, 0.25) is 0 Å². The van der Waals surface area contributed by atoms with Crippen LogP contribution in [0.4, 0.5) is 5.69 Å². The van der Waals surface area contributed by atoms with Crippen molar-refractivity contribution < 1.29 is 14.3 Å². The molecule has 0 aromatic heterocycles. The van der Waals surface area contributed by atoms with E-state index in [-0.39, 0.29) is 19.2 Å². The van der Waals surface area contributed by atoms with Crippen LogP contribution in [-0.4, -0.2) is 31.7 Å². The number of aryl methyl sites for hydroxylation is 1. The number of anilines is 1. The summed E-state index contributed by atoms with van der Waals surface area (Å²) in [6.45, 7) is 5.61. The lowest BCUT2D eigenvalue weighted by atomic mass is 10.1. The van der Waals surface area contributed by atoms with E-state index in [1.807, 2.05) is 49.4 Å². The zero-order chi connectivity index (χ0) is 19.8. The minimum absolute atomic E-state index is 0.123. The molecule has 0 spiro atoms. The number of hydrogen-bond acceptors (Lipinski definition) is 4. The number of benzene rings is 2. The highest BCUT2D eigenvalue weighted by Crippen LogP contribution is 2.32. The molecule has 2 aromatic carbocycles. The molecule has 0 saturated heterocycles. The van der Waals surface area contributed by atoms with Gasteiger partial charge >= 0.3 is 0 Å². The third kappa shape index (κ3) is 5.39. The van der Waals surface area contributed by atoms with Gasteiger partial charge in [-0.1, -0.05) is 25.1 Å². The first-order chi connectivity index (χ1) is 13.7. The molecule has 0 atom stereocenters. The van der Waals surface area contributed by atoms with Crippen molar-refractivity contribution in [2.75, 3.05) is 25.2 Å². The fourth-order valence-corrected chi connectivity index (χ4v) is 2.79. The van der Waals surface area contributed by atoms with Gasteiger partial charge in [0, 0.05) is 12.2 Å². The number of aliphatic imine (C=N–C) groups is 1. The molecule has 7 heteroatoms. The predicted octanol–water partition coefficient (Wildman–Crippen LogP) is 2.67. The lowest BCUT2D eigenvalue weighted by Crippen LogP contribution is -2.41. The van der Waals surface area contributed by atoms with Crippen LogP contribution in [0, 0.1) is 0 Å². The Morgan fingerprint density at radius 1 is 1.04 bits per heavy atom. The van der Waals surface area contributed by atoms with E-state index in [9.17, 15) is 4.79 Å². The number of ether oxygens (including phenoxy) is 2. The Balaban J connectivity index is 1.54. The molecule has 3 rings (SSSR count). The molecule has 0 radical (unpaired) electrons. The number of rotatable bonds is 7. The Labute approximate surface area is 165 Å². The van der Waals surface area contributed by atoms with Crippen molar-refractivity contribution in [3.63, 3.8) is 0 Å². The van der Waals surface area contributed by atoms with Gasteiger partial charge in [-0.05, 0) is 48.7 Å². The molecule has 1 amide bonds. The van der Waals surface area contributed by atoms with Crippen molar-refractivity contribution >= 4 is 17.6 Å². The summed E-state index contributed by atoms with van der Waals surface area (Å²) in [5, 5.41) is 9.11. The largest absolute Gasteiger partial charge is 0.454 e. The van der Waals surface area contributed by atoms with E-state index < -0.39 is 0 Å². The molecule has 2 aromatic rings. The van der Waals surface area contributed by atoms with Crippen LogP contribution in [0.5, 0.6) is 11.5 Å². The monoisotopic (exact) mass is 382 g/mol. The normalized spacial score (nSPS) is 12.6. The van der Waals surface area contributed by atoms with Crippen LogP contribution in [0.3, 0.4) is 0 Å². The van der Waals surface area contributed by atoms with Crippen molar-refractivity contribution in [2.45, 2.75) is 26.8 Å². The Bertz CT molecular complexity index is 851. The standard InChI is InChI=1S/C21H26N4O3/c1-3-15-6-5-7-17(10-15)25-20(26)13-24-21(22-4-2)23-12-16-8-9-18-19(11-16)28-14-27-18/h5-11H,3-4,12-14H2,1-2H3,(H,25,26)(H2,22,23,24). The van der Waals surface area contributed by atoms with Crippen molar-refractivity contribution in [2.24, 2.45) is 4.99 Å². The summed E-state index contributed by atoms with van der Waals surface area (Å²) < 4.78 is 10.7. The smallest absolute Gasteiger partial charge is 0.243 e. The van der Waals surface area contributed by atoms with Gasteiger partial charge in [0.15, 0.2) is 17.5 Å². The van der Waals surface area contributed by atoms with Crippen molar-refractivity contribution in [1.82, 2.24) is 10.6 Å². The molecule has 1 aliphatic heterocycles. The predicted molar refractivity (Wildman–Crippen MR) is 110 cm³/mol. The summed E-state index contributed by atoms with van der Waals surface area (Å²) in [6, 6.07) is 13.6. The SMILES string of the molecule is CCNC(=NCc1ccc2c(c1)OCO2)NCC(=O)Nc1cccc(CC)c1. The van der Waals surface area contributed by atoms with Gasteiger partial charge in [-0.3, -0.25) is 4.79 Å². The summed E-state index contributed by atoms with van der Waals surface area (Å²) in [5.41, 5.74) is 2.99. The third-order valence-corrected chi connectivity index (χ3v) is 4.24. The summed E-state index contributed by atoms with van der Waals surface area (Å²) in [6.07, 6.45) is 0.930. The van der Waals surface area contributed by atoms with Crippen LogP contribution in [-0.2, 0) is 17.8 Å². The average Bonchev–Trinajstić information content (AvgIpc) is 3.18. The second-order valence-corrected chi connectivity index (χ2v) is 6.34. The van der Waals surface area contributed by atoms with E-state index in [0.29, 0.717) is 19.0 Å². The van der Waals surface area contributed by atoms with Crippen LogP contribution in [0.25, 0.3) is 0 Å². The molecule has 0 aliphatic carbocycles. The van der Waals surface area contributed by atoms with Gasteiger partial charge < -0.3 is 25.4 Å². The van der Waals surface area contributed by atoms with E-state index in [1.165, 1.54) is 5.56 Å². The summed E-state index contributed by atoms with van der Waals surface area (Å²) >= 11 is 0. The average molecular weight is 382 g/mol. The summed E-state index contributed by atoms with van der Waals surface area (Å²) in [4.78, 5) is 16.8. The zero-order valence-corrected chi connectivity index (χ0v) is 16.2. The quantitative estimate of drug-likeness (QED) is 0.507. The lowest BCUT2D eigenvalue weighted by Gasteiger charge is -2.12. The van der Waals surface area contributed by atoms with E-state index in [2.05, 4.69) is 27.9 Å². The first-order valence-electron chi connectivity index (χ1n) is 9.47. The fraction of sp³-hybridized carbons (Fsp3) is 0.333. The van der Waals surface area contributed by atoms with Gasteiger partial charge in [-0.2, -0.15) is 0 Å². The van der Waals surface area contributed by atoms with Gasteiger partial charge in [0.1, 0.15) is 0 Å². The number of nitrogens with one attached hydrogen (secondary N) is 3. The molecule has 1 heterocycles. The maximum absolute atomic E-state index is 12.2. The summed E-state index contributed by atoms with van der Waals surface area (Å²) in [5.74, 6) is 1.94. The molecule has 0 saturated carbocycles. The second-order valence-electron chi connectivity index (χ2n) is 6.34. The van der Waals surface area contributed by atoms with Crippen LogP contribution in [0.15, 0.2) is 47.5 Å². The Hall–Kier alpha value is -3.22. The van der Waals surface area contributed by atoms with E-state index in [4.69, 9.17) is 9.47 Å². The number of guanidine groups is 1. The Kier molecular flexibility index (Phi) is 6.73. The van der Waals surface area contributed by atoms with Crippen LogP contribution >= 0.6 is 0 Å². The molecule has 28 heavy (non-hydrogen) atoms. The first kappa shape index (κ1) is 19.5. The van der Waals surface area contributed by atoms with Crippen LogP contribution in [0.1, 0.15) is 25.0 Å². The van der Waals surface area contributed by atoms with Gasteiger partial charge in [-0.15, -0.1) is 0 Å². The fourth-order valence-electron chi connectivity index (χ4n) is 2.79. The molecule has 3 N–H and O–H groups in total. The van der Waals surface area contributed by atoms with Gasteiger partial charge in [0.25, 0.3) is 0 Å². The van der Waals surface area contributed by atoms with E-state index in [1.54, 1.807) is 0 Å². The van der Waals surface area contributed by atoms with Crippen molar-refractivity contribution in [1.29, 1.82) is 0 Å². The maximum Gasteiger partial charge on any atom is 0.243 e. The Morgan fingerprint density at radius 2 is 1.89 bits per heavy atom. The molecule has 0 unspecified atom stereocenters. The molecular weight excluding hydrogens is 356 g/mol. The molecular formula is C21H26N4O3. The second kappa shape index (κ2) is 9.64.